The maximum Gasteiger partial charge on any atom is 0.277 e. The van der Waals surface area contributed by atoms with Crippen molar-refractivity contribution in [2.24, 2.45) is 5.10 Å². The van der Waals surface area contributed by atoms with Gasteiger partial charge in [-0.15, -0.1) is 0 Å². The molecule has 2 heterocycles. The largest absolute Gasteiger partial charge is 0.341 e. The van der Waals surface area contributed by atoms with Gasteiger partial charge in [-0.05, 0) is 34.2 Å². The van der Waals surface area contributed by atoms with Crippen molar-refractivity contribution < 1.29 is 9.77 Å². The second-order valence-corrected chi connectivity index (χ2v) is 5.09. The number of halogens is 1. The van der Waals surface area contributed by atoms with Gasteiger partial charge in [0.1, 0.15) is 22.3 Å². The Morgan fingerprint density at radius 3 is 3.00 bits per heavy atom. The zero-order chi connectivity index (χ0) is 13.8. The number of hydrazone groups is 1. The molecule has 19 heavy (non-hydrogen) atoms. The number of nitrogens with zero attached hydrogens (tertiary/aromatic N) is 5. The van der Waals surface area contributed by atoms with Gasteiger partial charge in [0, 0.05) is 19.8 Å². The molecule has 1 aliphatic rings. The molecule has 0 bridgehead atoms. The Bertz CT molecular complexity index is 492. The molecule has 1 aromatic rings. The first-order valence-electron chi connectivity index (χ1n) is 5.43. The number of hydrogen-bond donors (Lipinski definition) is 0. The molecule has 0 N–H and O–H groups in total. The number of nitro groups is 1. The highest BCUT2D eigenvalue weighted by Crippen LogP contribution is 2.11. The predicted molar refractivity (Wildman–Crippen MR) is 75.5 cm³/mol. The van der Waals surface area contributed by atoms with E-state index in [0.717, 1.165) is 9.26 Å². The van der Waals surface area contributed by atoms with E-state index in [4.69, 9.17) is 4.74 Å². The normalized spacial score (nSPS) is 17.9. The van der Waals surface area contributed by atoms with Crippen LogP contribution in [0.15, 0.2) is 23.4 Å². The van der Waals surface area contributed by atoms with Gasteiger partial charge in [-0.3, -0.25) is 0 Å². The van der Waals surface area contributed by atoms with Crippen LogP contribution in [0.1, 0.15) is 5.56 Å². The number of ether oxygens (including phenoxy) is 1. The second-order valence-electron chi connectivity index (χ2n) is 3.99. The summed E-state index contributed by atoms with van der Waals surface area (Å²) in [5, 5.41) is 13.3. The van der Waals surface area contributed by atoms with Gasteiger partial charge in [0.15, 0.2) is 5.03 Å². The van der Waals surface area contributed by atoms with E-state index < -0.39 is 5.03 Å². The highest BCUT2D eigenvalue weighted by Gasteiger charge is 2.25. The number of rotatable bonds is 3. The molecule has 2 rings (SSSR count). The van der Waals surface area contributed by atoms with Gasteiger partial charge in [0.2, 0.25) is 0 Å². The predicted octanol–water partition coefficient (Wildman–Crippen LogP) is 0.913. The molecule has 0 aromatic carbocycles. The van der Waals surface area contributed by atoms with Crippen molar-refractivity contribution in [1.29, 1.82) is 0 Å². The fraction of sp³-hybridized carbons (Fsp3) is 0.400. The molecular weight excluding hydrogens is 365 g/mol. The third kappa shape index (κ3) is 3.73. The Hall–Kier alpha value is -1.49. The van der Waals surface area contributed by atoms with Crippen molar-refractivity contribution in [1.82, 2.24) is 14.8 Å². The third-order valence-electron chi connectivity index (χ3n) is 2.49. The molecule has 102 valence electrons. The first-order chi connectivity index (χ1) is 9.06. The molecule has 0 saturated carbocycles. The minimum Gasteiger partial charge on any atom is -0.341 e. The molecular formula is C10H12IN5O3. The van der Waals surface area contributed by atoms with E-state index >= 15 is 0 Å². The van der Waals surface area contributed by atoms with Gasteiger partial charge in [0.25, 0.3) is 5.96 Å². The summed E-state index contributed by atoms with van der Waals surface area (Å²) in [7, 11) is 1.70. The number of guanidine groups is 1. The van der Waals surface area contributed by atoms with E-state index in [1.165, 1.54) is 0 Å². The lowest BCUT2D eigenvalue weighted by molar-refractivity contribution is -0.486. The number of aromatic nitrogens is 1. The van der Waals surface area contributed by atoms with Crippen LogP contribution in [0.3, 0.4) is 0 Å². The fourth-order valence-corrected chi connectivity index (χ4v) is 2.01. The summed E-state index contributed by atoms with van der Waals surface area (Å²) in [6.07, 6.45) is 1.74. The Labute approximate surface area is 123 Å². The van der Waals surface area contributed by atoms with E-state index in [2.05, 4.69) is 32.7 Å². The van der Waals surface area contributed by atoms with Crippen molar-refractivity contribution in [3.63, 3.8) is 0 Å². The Morgan fingerprint density at radius 1 is 1.58 bits per heavy atom. The highest BCUT2D eigenvalue weighted by atomic mass is 127. The average Bonchev–Trinajstić information content (AvgIpc) is 2.36. The van der Waals surface area contributed by atoms with Crippen LogP contribution in [-0.2, 0) is 11.3 Å². The van der Waals surface area contributed by atoms with E-state index in [1.54, 1.807) is 23.0 Å². The quantitative estimate of drug-likeness (QED) is 0.337. The minimum atomic E-state index is -0.698. The molecule has 1 fully saturated rings. The van der Waals surface area contributed by atoms with E-state index in [0.29, 0.717) is 6.54 Å². The lowest BCUT2D eigenvalue weighted by Gasteiger charge is -2.34. The molecule has 1 aromatic heterocycles. The molecule has 0 radical (unpaired) electrons. The zero-order valence-corrected chi connectivity index (χ0v) is 12.3. The molecule has 1 saturated heterocycles. The minimum absolute atomic E-state index is 0.267. The summed E-state index contributed by atoms with van der Waals surface area (Å²) < 4.78 is 6.22. The summed E-state index contributed by atoms with van der Waals surface area (Å²) in [6.45, 7) is 1.01. The lowest BCUT2D eigenvalue weighted by Crippen LogP contribution is -2.49. The molecule has 0 spiro atoms. The smallest absolute Gasteiger partial charge is 0.277 e. The zero-order valence-electron chi connectivity index (χ0n) is 10.2. The van der Waals surface area contributed by atoms with Gasteiger partial charge in [-0.2, -0.15) is 0 Å². The topological polar surface area (TPSA) is 84.1 Å². The molecule has 0 atom stereocenters. The van der Waals surface area contributed by atoms with Crippen molar-refractivity contribution in [3.8, 4) is 0 Å². The van der Waals surface area contributed by atoms with E-state index in [-0.39, 0.29) is 19.4 Å². The fourth-order valence-electron chi connectivity index (χ4n) is 1.69. The standard InChI is InChI=1S/C10H12IN5O3/c1-14-6-19-7-15(10(14)13-16(17)18)5-8-2-3-9(11)12-4-8/h2-4H,5-7H2,1H3. The maximum atomic E-state index is 10.6. The van der Waals surface area contributed by atoms with Crippen LogP contribution in [0.4, 0.5) is 0 Å². The average molecular weight is 377 g/mol. The van der Waals surface area contributed by atoms with Crippen molar-refractivity contribution in [3.05, 3.63) is 37.7 Å². The number of hydrogen-bond acceptors (Lipinski definition) is 4. The monoisotopic (exact) mass is 377 g/mol. The Balaban J connectivity index is 2.16. The van der Waals surface area contributed by atoms with Gasteiger partial charge < -0.3 is 14.5 Å². The second kappa shape index (κ2) is 6.10. The van der Waals surface area contributed by atoms with E-state index in [9.17, 15) is 10.1 Å². The van der Waals surface area contributed by atoms with Crippen LogP contribution in [0.2, 0.25) is 0 Å². The van der Waals surface area contributed by atoms with Crippen molar-refractivity contribution in [2.45, 2.75) is 6.54 Å². The summed E-state index contributed by atoms with van der Waals surface area (Å²) >= 11 is 2.12. The SMILES string of the molecule is CN1COCN(Cc2ccc(I)nc2)C1=N[N+](=O)[O-]. The van der Waals surface area contributed by atoms with Crippen molar-refractivity contribution in [2.75, 3.05) is 20.5 Å². The molecule has 0 amide bonds. The van der Waals surface area contributed by atoms with Gasteiger partial charge >= 0.3 is 0 Å². The summed E-state index contributed by atoms with van der Waals surface area (Å²) in [4.78, 5) is 18.0. The Kier molecular flexibility index (Phi) is 4.47. The van der Waals surface area contributed by atoms with Crippen LogP contribution in [0.5, 0.6) is 0 Å². The van der Waals surface area contributed by atoms with E-state index in [1.807, 2.05) is 12.1 Å². The maximum absolute atomic E-state index is 10.6. The molecule has 1 aliphatic heterocycles. The molecule has 9 heteroatoms. The van der Waals surface area contributed by atoms with Crippen LogP contribution in [-0.4, -0.2) is 46.3 Å². The van der Waals surface area contributed by atoms with Crippen LogP contribution >= 0.6 is 22.6 Å². The molecule has 0 aliphatic carbocycles. The van der Waals surface area contributed by atoms with Crippen LogP contribution in [0.25, 0.3) is 0 Å². The van der Waals surface area contributed by atoms with Crippen LogP contribution < -0.4 is 0 Å². The van der Waals surface area contributed by atoms with Gasteiger partial charge in [-0.1, -0.05) is 6.07 Å². The first-order valence-corrected chi connectivity index (χ1v) is 6.51. The van der Waals surface area contributed by atoms with Crippen molar-refractivity contribution >= 4 is 28.6 Å². The molecule has 0 unspecified atom stereocenters. The summed E-state index contributed by atoms with van der Waals surface area (Å²) in [6, 6.07) is 3.81. The van der Waals surface area contributed by atoms with Crippen LogP contribution in [0, 0.1) is 13.8 Å². The van der Waals surface area contributed by atoms with Gasteiger partial charge in [0.05, 0.1) is 0 Å². The third-order valence-corrected chi connectivity index (χ3v) is 3.13. The molecule has 8 nitrogen and oxygen atoms in total. The van der Waals surface area contributed by atoms with Gasteiger partial charge in [-0.25, -0.2) is 15.1 Å². The summed E-state index contributed by atoms with van der Waals surface area (Å²) in [5.74, 6) is 0.287. The highest BCUT2D eigenvalue weighted by molar-refractivity contribution is 14.1. The lowest BCUT2D eigenvalue weighted by atomic mass is 10.3. The summed E-state index contributed by atoms with van der Waals surface area (Å²) in [5.41, 5.74) is 0.940. The first kappa shape index (κ1) is 13.9. The Morgan fingerprint density at radius 2 is 2.37 bits per heavy atom. The number of pyridine rings is 1.